The summed E-state index contributed by atoms with van der Waals surface area (Å²) in [6, 6.07) is 15.7. The Balaban J connectivity index is 2.36. The summed E-state index contributed by atoms with van der Waals surface area (Å²) < 4.78 is 0. The maximum absolute atomic E-state index is 12.5. The summed E-state index contributed by atoms with van der Waals surface area (Å²) in [7, 11) is 1.86. The first-order valence-electron chi connectivity index (χ1n) is 6.70. The molecule has 0 aliphatic carbocycles. The average Bonchev–Trinajstić information content (AvgIpc) is 2.54. The van der Waals surface area contributed by atoms with Gasteiger partial charge in [0.25, 0.3) is 0 Å². The van der Waals surface area contributed by atoms with Gasteiger partial charge in [-0.3, -0.25) is 9.59 Å². The number of anilines is 1. The van der Waals surface area contributed by atoms with Crippen LogP contribution in [0.15, 0.2) is 67.3 Å². The van der Waals surface area contributed by atoms with Gasteiger partial charge >= 0.3 is 0 Å². The standard InChI is InChI=1S/C18H17NO2/c1-3-13-19(2)16-12-8-7-11-15(16)18(21)17(20)14-9-5-4-6-10-14/h3-12H,1,13H2,2H3. The second-order valence-corrected chi connectivity index (χ2v) is 4.71. The van der Waals surface area contributed by atoms with E-state index in [9.17, 15) is 9.59 Å². The predicted molar refractivity (Wildman–Crippen MR) is 85.0 cm³/mol. The van der Waals surface area contributed by atoms with Crippen molar-refractivity contribution in [3.8, 4) is 0 Å². The first-order valence-corrected chi connectivity index (χ1v) is 6.70. The minimum Gasteiger partial charge on any atom is -0.370 e. The number of hydrogen-bond acceptors (Lipinski definition) is 3. The molecule has 21 heavy (non-hydrogen) atoms. The van der Waals surface area contributed by atoms with Crippen LogP contribution in [0.4, 0.5) is 5.69 Å². The van der Waals surface area contributed by atoms with E-state index in [4.69, 9.17) is 0 Å². The first-order chi connectivity index (χ1) is 10.1. The lowest BCUT2D eigenvalue weighted by molar-refractivity contribution is 0.0817. The fraction of sp³-hybridized carbons (Fsp3) is 0.111. The Labute approximate surface area is 124 Å². The minimum absolute atomic E-state index is 0.406. The zero-order valence-corrected chi connectivity index (χ0v) is 12.0. The normalized spacial score (nSPS) is 9.95. The van der Waals surface area contributed by atoms with Crippen molar-refractivity contribution in [2.45, 2.75) is 0 Å². The molecule has 0 spiro atoms. The molecule has 0 radical (unpaired) electrons. The van der Waals surface area contributed by atoms with Crippen molar-refractivity contribution in [2.24, 2.45) is 0 Å². The molecular weight excluding hydrogens is 262 g/mol. The van der Waals surface area contributed by atoms with Crippen LogP contribution in [-0.2, 0) is 0 Å². The Morgan fingerprint density at radius 2 is 1.62 bits per heavy atom. The molecule has 0 heterocycles. The van der Waals surface area contributed by atoms with Crippen LogP contribution >= 0.6 is 0 Å². The van der Waals surface area contributed by atoms with Crippen LogP contribution < -0.4 is 4.90 Å². The maximum Gasteiger partial charge on any atom is 0.235 e. The maximum atomic E-state index is 12.5. The number of ketones is 2. The van der Waals surface area contributed by atoms with Gasteiger partial charge in [0.1, 0.15) is 0 Å². The Bertz CT molecular complexity index is 662. The van der Waals surface area contributed by atoms with E-state index in [0.717, 1.165) is 5.69 Å². The zero-order valence-electron chi connectivity index (χ0n) is 12.0. The van der Waals surface area contributed by atoms with Crippen LogP contribution in [0.2, 0.25) is 0 Å². The van der Waals surface area contributed by atoms with Crippen molar-refractivity contribution < 1.29 is 9.59 Å². The lowest BCUT2D eigenvalue weighted by Crippen LogP contribution is -2.22. The van der Waals surface area contributed by atoms with Crippen molar-refractivity contribution in [1.82, 2.24) is 0 Å². The van der Waals surface area contributed by atoms with Gasteiger partial charge in [-0.15, -0.1) is 6.58 Å². The van der Waals surface area contributed by atoms with Gasteiger partial charge in [0.05, 0.1) is 0 Å². The molecule has 0 unspecified atom stereocenters. The highest BCUT2D eigenvalue weighted by atomic mass is 16.2. The van der Waals surface area contributed by atoms with Crippen molar-refractivity contribution in [3.05, 3.63) is 78.4 Å². The van der Waals surface area contributed by atoms with E-state index in [2.05, 4.69) is 6.58 Å². The molecule has 0 fully saturated rings. The molecule has 0 bridgehead atoms. The number of hydrogen-bond donors (Lipinski definition) is 0. The molecule has 106 valence electrons. The topological polar surface area (TPSA) is 37.4 Å². The van der Waals surface area contributed by atoms with Gasteiger partial charge < -0.3 is 4.90 Å². The van der Waals surface area contributed by atoms with E-state index in [1.165, 1.54) is 0 Å². The number of rotatable bonds is 6. The van der Waals surface area contributed by atoms with Gasteiger partial charge in [-0.2, -0.15) is 0 Å². The van der Waals surface area contributed by atoms with Crippen molar-refractivity contribution >= 4 is 17.3 Å². The summed E-state index contributed by atoms with van der Waals surface area (Å²) in [6.45, 7) is 4.29. The molecule has 2 rings (SSSR count). The van der Waals surface area contributed by atoms with Gasteiger partial charge in [-0.25, -0.2) is 0 Å². The van der Waals surface area contributed by atoms with E-state index < -0.39 is 11.6 Å². The zero-order chi connectivity index (χ0) is 15.2. The molecule has 0 aromatic heterocycles. The summed E-state index contributed by atoms with van der Waals surface area (Å²) in [5.74, 6) is -0.984. The molecule has 0 N–H and O–H groups in total. The number of likely N-dealkylation sites (N-methyl/N-ethyl adjacent to an activating group) is 1. The summed E-state index contributed by atoms with van der Waals surface area (Å²) in [4.78, 5) is 26.6. The number of nitrogens with zero attached hydrogens (tertiary/aromatic N) is 1. The highest BCUT2D eigenvalue weighted by Crippen LogP contribution is 2.21. The van der Waals surface area contributed by atoms with E-state index in [-0.39, 0.29) is 0 Å². The third-order valence-electron chi connectivity index (χ3n) is 3.21. The molecule has 3 nitrogen and oxygen atoms in total. The van der Waals surface area contributed by atoms with E-state index in [0.29, 0.717) is 17.7 Å². The summed E-state index contributed by atoms with van der Waals surface area (Å²) in [5, 5.41) is 0. The molecule has 3 heteroatoms. The van der Waals surface area contributed by atoms with Gasteiger partial charge in [-0.05, 0) is 12.1 Å². The van der Waals surface area contributed by atoms with Gasteiger partial charge in [0, 0.05) is 30.4 Å². The lowest BCUT2D eigenvalue weighted by atomic mass is 10.00. The van der Waals surface area contributed by atoms with E-state index in [1.807, 2.05) is 30.1 Å². The van der Waals surface area contributed by atoms with E-state index >= 15 is 0 Å². The number of Topliss-reactive ketones (excluding diaryl/α,β-unsaturated/α-hetero) is 2. The van der Waals surface area contributed by atoms with Crippen LogP contribution in [-0.4, -0.2) is 25.2 Å². The summed E-state index contributed by atoms with van der Waals surface area (Å²) in [6.07, 6.45) is 1.75. The third-order valence-corrected chi connectivity index (χ3v) is 3.21. The fourth-order valence-electron chi connectivity index (χ4n) is 2.13. The lowest BCUT2D eigenvalue weighted by Gasteiger charge is -2.20. The second kappa shape index (κ2) is 6.66. The number of carbonyl (C=O) groups excluding carboxylic acids is 2. The molecule has 0 atom stereocenters. The van der Waals surface area contributed by atoms with Gasteiger partial charge in [-0.1, -0.05) is 48.5 Å². The molecule has 2 aromatic rings. The van der Waals surface area contributed by atoms with Crippen molar-refractivity contribution in [2.75, 3.05) is 18.5 Å². The van der Waals surface area contributed by atoms with Crippen molar-refractivity contribution in [3.63, 3.8) is 0 Å². The molecular formula is C18H17NO2. The smallest absolute Gasteiger partial charge is 0.235 e. The summed E-state index contributed by atoms with van der Waals surface area (Å²) >= 11 is 0. The Hall–Kier alpha value is -2.68. The van der Waals surface area contributed by atoms with Gasteiger partial charge in [0.2, 0.25) is 11.6 Å². The minimum atomic E-state index is -0.493. The molecule has 2 aromatic carbocycles. The summed E-state index contributed by atoms with van der Waals surface area (Å²) in [5.41, 5.74) is 1.55. The first kappa shape index (κ1) is 14.7. The average molecular weight is 279 g/mol. The molecule has 0 saturated carbocycles. The van der Waals surface area contributed by atoms with Crippen molar-refractivity contribution in [1.29, 1.82) is 0 Å². The third kappa shape index (κ3) is 3.26. The fourth-order valence-corrected chi connectivity index (χ4v) is 2.13. The quantitative estimate of drug-likeness (QED) is 0.462. The Kier molecular flexibility index (Phi) is 4.67. The van der Waals surface area contributed by atoms with E-state index in [1.54, 1.807) is 42.5 Å². The molecule has 0 saturated heterocycles. The number of carbonyl (C=O) groups is 2. The Morgan fingerprint density at radius 3 is 2.29 bits per heavy atom. The molecule has 0 aliphatic heterocycles. The van der Waals surface area contributed by atoms with Gasteiger partial charge in [0.15, 0.2) is 0 Å². The van der Waals surface area contributed by atoms with Crippen LogP contribution in [0.1, 0.15) is 20.7 Å². The van der Waals surface area contributed by atoms with Crippen LogP contribution in [0.25, 0.3) is 0 Å². The van der Waals surface area contributed by atoms with Crippen LogP contribution in [0, 0.1) is 0 Å². The van der Waals surface area contributed by atoms with Crippen LogP contribution in [0.5, 0.6) is 0 Å². The van der Waals surface area contributed by atoms with Crippen LogP contribution in [0.3, 0.4) is 0 Å². The molecule has 0 amide bonds. The largest absolute Gasteiger partial charge is 0.370 e. The highest BCUT2D eigenvalue weighted by Gasteiger charge is 2.21. The number of para-hydroxylation sites is 1. The number of benzene rings is 2. The molecule has 0 aliphatic rings. The SMILES string of the molecule is C=CCN(C)c1ccccc1C(=O)C(=O)c1ccccc1. The monoisotopic (exact) mass is 279 g/mol. The predicted octanol–water partition coefficient (Wildman–Crippen LogP) is 3.37. The highest BCUT2D eigenvalue weighted by molar-refractivity contribution is 6.50. The second-order valence-electron chi connectivity index (χ2n) is 4.71. The Morgan fingerprint density at radius 1 is 1.00 bits per heavy atom.